The van der Waals surface area contributed by atoms with Gasteiger partial charge in [-0.3, -0.25) is 0 Å². The molecule has 1 aliphatic heterocycles. The molecule has 2 rings (SSSR count). The maximum atomic E-state index is 10.3. The summed E-state index contributed by atoms with van der Waals surface area (Å²) in [6, 6.07) is 0. The predicted octanol–water partition coefficient (Wildman–Crippen LogP) is 2.07. The molecule has 0 aromatic heterocycles. The van der Waals surface area contributed by atoms with Crippen LogP contribution in [0.1, 0.15) is 60.3 Å². The van der Waals surface area contributed by atoms with Crippen LogP contribution in [-0.2, 0) is 14.2 Å². The number of aliphatic hydroxyl groups is 4. The average molecular weight is 429 g/mol. The minimum atomic E-state index is -1.43. The Labute approximate surface area is 180 Å². The molecule has 0 aromatic rings. The molecule has 30 heavy (non-hydrogen) atoms. The molecule has 0 spiro atoms. The van der Waals surface area contributed by atoms with Gasteiger partial charge in [-0.05, 0) is 44.1 Å². The Kier molecular flexibility index (Phi) is 9.49. The fraction of sp³-hybridized carbons (Fsp3) is 0.826. The first-order valence-electron chi connectivity index (χ1n) is 11.1. The van der Waals surface area contributed by atoms with Gasteiger partial charge in [0.15, 0.2) is 6.29 Å². The van der Waals surface area contributed by atoms with Gasteiger partial charge in [-0.1, -0.05) is 44.9 Å². The largest absolute Gasteiger partial charge is 0.394 e. The van der Waals surface area contributed by atoms with Crippen molar-refractivity contribution in [1.82, 2.24) is 0 Å². The van der Waals surface area contributed by atoms with Crippen LogP contribution in [0, 0.1) is 5.41 Å². The zero-order valence-electron chi connectivity index (χ0n) is 19.0. The average Bonchev–Trinajstić information content (AvgIpc) is 2.67. The van der Waals surface area contributed by atoms with Crippen LogP contribution in [0.15, 0.2) is 23.3 Å². The Bertz CT molecular complexity index is 598. The van der Waals surface area contributed by atoms with Crippen molar-refractivity contribution in [3.8, 4) is 0 Å². The normalized spacial score (nSPS) is 35.8. The van der Waals surface area contributed by atoms with E-state index in [0.29, 0.717) is 12.8 Å². The van der Waals surface area contributed by atoms with Gasteiger partial charge in [0.2, 0.25) is 0 Å². The van der Waals surface area contributed by atoms with Gasteiger partial charge in [0.05, 0.1) is 18.8 Å². The zero-order valence-corrected chi connectivity index (χ0v) is 19.0. The lowest BCUT2D eigenvalue weighted by atomic mass is 9.71. The highest BCUT2D eigenvalue weighted by Gasteiger charge is 2.45. The Hall–Kier alpha value is -0.800. The maximum Gasteiger partial charge on any atom is 0.186 e. The molecule has 1 heterocycles. The molecule has 0 aromatic carbocycles. The van der Waals surface area contributed by atoms with Crippen molar-refractivity contribution in [3.63, 3.8) is 0 Å². The number of allylic oxidation sites excluding steroid dienone is 2. The topological polar surface area (TPSA) is 109 Å². The van der Waals surface area contributed by atoms with Crippen molar-refractivity contribution in [2.45, 2.75) is 103 Å². The number of ether oxygens (including phenoxy) is 3. The van der Waals surface area contributed by atoms with Crippen LogP contribution in [0.25, 0.3) is 0 Å². The van der Waals surface area contributed by atoms with Crippen LogP contribution in [0.2, 0.25) is 0 Å². The molecule has 0 bridgehead atoms. The summed E-state index contributed by atoms with van der Waals surface area (Å²) < 4.78 is 17.3. The smallest absolute Gasteiger partial charge is 0.186 e. The van der Waals surface area contributed by atoms with E-state index in [-0.39, 0.29) is 17.6 Å². The Balaban J connectivity index is 2.04. The summed E-state index contributed by atoms with van der Waals surface area (Å²) >= 11 is 0. The Morgan fingerprint density at radius 1 is 1.20 bits per heavy atom. The summed E-state index contributed by atoms with van der Waals surface area (Å²) in [5.74, 6) is 0. The summed E-state index contributed by atoms with van der Waals surface area (Å²) in [6.45, 7) is 10.9. The molecule has 2 aliphatic rings. The van der Waals surface area contributed by atoms with E-state index in [1.807, 2.05) is 6.92 Å². The number of rotatable bonds is 9. The van der Waals surface area contributed by atoms with Crippen LogP contribution in [0.4, 0.5) is 0 Å². The predicted molar refractivity (Wildman–Crippen MR) is 114 cm³/mol. The first kappa shape index (κ1) is 25.5. The quantitative estimate of drug-likeness (QED) is 0.416. The second-order valence-corrected chi connectivity index (χ2v) is 9.23. The lowest BCUT2D eigenvalue weighted by Gasteiger charge is -2.43. The van der Waals surface area contributed by atoms with Crippen LogP contribution in [0.3, 0.4) is 0 Å². The van der Waals surface area contributed by atoms with Gasteiger partial charge in [0.25, 0.3) is 0 Å². The van der Waals surface area contributed by atoms with Gasteiger partial charge < -0.3 is 34.6 Å². The van der Waals surface area contributed by atoms with Gasteiger partial charge in [0.1, 0.15) is 24.4 Å². The fourth-order valence-corrected chi connectivity index (χ4v) is 4.31. The maximum absolute atomic E-state index is 10.3. The third-order valence-corrected chi connectivity index (χ3v) is 6.05. The lowest BCUT2D eigenvalue weighted by molar-refractivity contribution is -0.313. The van der Waals surface area contributed by atoms with Crippen LogP contribution < -0.4 is 0 Å². The van der Waals surface area contributed by atoms with Crippen molar-refractivity contribution in [1.29, 1.82) is 0 Å². The first-order chi connectivity index (χ1) is 14.1. The standard InChI is InChI=1S/C23H40O7/c1-6-7-10-28-15(3)8-9-17-14(2)11-16(12-23(17,4)5)29-22-21(27)20(26)19(25)18(13-24)30-22/h8-9,15-16,18-22,24-27H,6-7,10-13H2,1-5H3. The molecule has 4 N–H and O–H groups in total. The molecule has 0 amide bonds. The molecule has 174 valence electrons. The summed E-state index contributed by atoms with van der Waals surface area (Å²) in [7, 11) is 0. The SMILES string of the molecule is CCCCOC(C)C=CC1=C(C)CC(OC2OC(CO)C(O)C(O)C2O)CC1(C)C. The van der Waals surface area contributed by atoms with E-state index in [1.165, 1.54) is 11.1 Å². The van der Waals surface area contributed by atoms with E-state index < -0.39 is 37.3 Å². The highest BCUT2D eigenvalue weighted by molar-refractivity contribution is 5.34. The number of aliphatic hydroxyl groups excluding tert-OH is 4. The summed E-state index contributed by atoms with van der Waals surface area (Å²) in [6.07, 6.45) is 1.39. The van der Waals surface area contributed by atoms with Crippen LogP contribution in [-0.4, -0.2) is 76.6 Å². The van der Waals surface area contributed by atoms with E-state index in [9.17, 15) is 20.4 Å². The molecule has 7 nitrogen and oxygen atoms in total. The van der Waals surface area contributed by atoms with Crippen molar-refractivity contribution in [2.75, 3.05) is 13.2 Å². The summed E-state index contributed by atoms with van der Waals surface area (Å²) in [4.78, 5) is 0. The highest BCUT2D eigenvalue weighted by atomic mass is 16.7. The molecule has 1 fully saturated rings. The van der Waals surface area contributed by atoms with Crippen molar-refractivity contribution in [2.24, 2.45) is 5.41 Å². The van der Waals surface area contributed by atoms with Gasteiger partial charge in [0, 0.05) is 6.61 Å². The van der Waals surface area contributed by atoms with Crippen molar-refractivity contribution in [3.05, 3.63) is 23.3 Å². The van der Waals surface area contributed by atoms with Crippen molar-refractivity contribution >= 4 is 0 Å². The van der Waals surface area contributed by atoms with Gasteiger partial charge in [-0.15, -0.1) is 0 Å². The van der Waals surface area contributed by atoms with Crippen LogP contribution in [0.5, 0.6) is 0 Å². The third kappa shape index (κ3) is 6.36. The molecule has 7 heteroatoms. The number of unbranched alkanes of at least 4 members (excludes halogenated alkanes) is 1. The molecule has 1 aliphatic carbocycles. The first-order valence-corrected chi connectivity index (χ1v) is 11.1. The molecule has 1 saturated heterocycles. The molecule has 0 saturated carbocycles. The fourth-order valence-electron chi connectivity index (χ4n) is 4.31. The van der Waals surface area contributed by atoms with Crippen LogP contribution >= 0.6 is 0 Å². The number of hydrogen-bond acceptors (Lipinski definition) is 7. The van der Waals surface area contributed by atoms with Gasteiger partial charge in [-0.25, -0.2) is 0 Å². The Morgan fingerprint density at radius 3 is 2.50 bits per heavy atom. The van der Waals surface area contributed by atoms with E-state index in [2.05, 4.69) is 39.8 Å². The zero-order chi connectivity index (χ0) is 22.5. The summed E-state index contributed by atoms with van der Waals surface area (Å²) in [5.41, 5.74) is 2.29. The minimum absolute atomic E-state index is 0.0516. The van der Waals surface area contributed by atoms with Gasteiger partial charge in [-0.2, -0.15) is 0 Å². The van der Waals surface area contributed by atoms with E-state index >= 15 is 0 Å². The molecule has 7 unspecified atom stereocenters. The molecule has 0 radical (unpaired) electrons. The summed E-state index contributed by atoms with van der Waals surface area (Å²) in [5, 5.41) is 39.5. The van der Waals surface area contributed by atoms with Crippen molar-refractivity contribution < 1.29 is 34.6 Å². The van der Waals surface area contributed by atoms with Gasteiger partial charge >= 0.3 is 0 Å². The second kappa shape index (κ2) is 11.2. The Morgan fingerprint density at radius 2 is 1.90 bits per heavy atom. The van der Waals surface area contributed by atoms with E-state index in [0.717, 1.165) is 19.4 Å². The minimum Gasteiger partial charge on any atom is -0.394 e. The molecular formula is C23H40O7. The third-order valence-electron chi connectivity index (χ3n) is 6.05. The monoisotopic (exact) mass is 428 g/mol. The van der Waals surface area contributed by atoms with E-state index in [1.54, 1.807) is 0 Å². The number of hydrogen-bond donors (Lipinski definition) is 4. The second-order valence-electron chi connectivity index (χ2n) is 9.23. The van der Waals surface area contributed by atoms with E-state index in [4.69, 9.17) is 14.2 Å². The lowest BCUT2D eigenvalue weighted by Crippen LogP contribution is -2.59. The molecule has 7 atom stereocenters. The highest BCUT2D eigenvalue weighted by Crippen LogP contribution is 2.43. The molecular weight excluding hydrogens is 388 g/mol.